The van der Waals surface area contributed by atoms with E-state index in [0.717, 1.165) is 0 Å². The molecule has 0 aromatic heterocycles. The highest BCUT2D eigenvalue weighted by Crippen LogP contribution is 2.24. The van der Waals surface area contributed by atoms with Crippen LogP contribution in [-0.2, 0) is 9.22 Å². The molecule has 0 saturated carbocycles. The molecule has 0 aliphatic heterocycles. The molecule has 0 heterocycles. The van der Waals surface area contributed by atoms with Crippen LogP contribution in [0.5, 0.6) is 0 Å². The van der Waals surface area contributed by atoms with Crippen LogP contribution in [-0.4, -0.2) is 24.8 Å². The second-order valence-corrected chi connectivity index (χ2v) is 11.4. The van der Waals surface area contributed by atoms with Gasteiger partial charge in [-0.25, -0.2) is 0 Å². The van der Waals surface area contributed by atoms with Gasteiger partial charge in [0.1, 0.15) is 6.61 Å². The van der Waals surface area contributed by atoms with E-state index in [0.29, 0.717) is 0 Å². The van der Waals surface area contributed by atoms with Crippen molar-refractivity contribution in [3.8, 4) is 0 Å². The number of rotatable bonds is 3. The number of carbonyl (C=O) groups excluding carboxylic acids is 1. The Balaban J connectivity index is 3.78. The Morgan fingerprint density at radius 3 is 2.08 bits per heavy atom. The van der Waals surface area contributed by atoms with Crippen LogP contribution in [0.4, 0.5) is 0 Å². The van der Waals surface area contributed by atoms with Gasteiger partial charge in [-0.2, -0.15) is 0 Å². The summed E-state index contributed by atoms with van der Waals surface area (Å²) in [6, 6.07) is 0. The van der Waals surface area contributed by atoms with Gasteiger partial charge in [0.15, 0.2) is 8.32 Å². The molecule has 0 N–H and O–H groups in total. The van der Waals surface area contributed by atoms with E-state index in [1.807, 2.05) is 20.8 Å². The quantitative estimate of drug-likeness (QED) is 0.684. The maximum absolute atomic E-state index is 11.4. The third-order valence-electron chi connectivity index (χ3n) is 1.04. The smallest absolute Gasteiger partial charge is 0.213 e. The molecule has 0 aromatic rings. The van der Waals surface area contributed by atoms with Crippen LogP contribution in [0.25, 0.3) is 0 Å². The minimum atomic E-state index is -1.53. The van der Waals surface area contributed by atoms with Crippen molar-refractivity contribution in [3.05, 3.63) is 0 Å². The molecule has 0 spiro atoms. The van der Waals surface area contributed by atoms with Gasteiger partial charge in [0.05, 0.1) is 0 Å². The first-order valence-corrected chi connectivity index (χ1v) is 8.68. The summed E-state index contributed by atoms with van der Waals surface area (Å²) in [6.07, 6.45) is 0. The molecule has 0 atom stereocenters. The van der Waals surface area contributed by atoms with Crippen molar-refractivity contribution >= 4 is 25.2 Å². The summed E-state index contributed by atoms with van der Waals surface area (Å²) in [6.45, 7) is 12.6. The van der Waals surface area contributed by atoms with Gasteiger partial charge in [0.25, 0.3) is 0 Å². The first kappa shape index (κ1) is 13.2. The topological polar surface area (TPSA) is 26.3 Å². The molecule has 0 unspecified atom stereocenters. The molecule has 0 bridgehead atoms. The van der Waals surface area contributed by atoms with E-state index < -0.39 is 8.32 Å². The fraction of sp³-hybridized carbons (Fsp3) is 0.889. The van der Waals surface area contributed by atoms with Gasteiger partial charge in [0, 0.05) is 4.75 Å². The molecule has 13 heavy (non-hydrogen) atoms. The molecule has 0 amide bonds. The third-order valence-corrected chi connectivity index (χ3v) is 3.01. The number of hydrogen-bond acceptors (Lipinski definition) is 3. The Kier molecular flexibility index (Phi) is 4.69. The zero-order chi connectivity index (χ0) is 10.7. The van der Waals surface area contributed by atoms with Crippen LogP contribution in [0.2, 0.25) is 19.6 Å². The van der Waals surface area contributed by atoms with Crippen molar-refractivity contribution in [2.75, 3.05) is 6.61 Å². The van der Waals surface area contributed by atoms with Crippen molar-refractivity contribution < 1.29 is 9.22 Å². The Bertz CT molecular complexity index is 179. The Morgan fingerprint density at radius 2 is 1.77 bits per heavy atom. The van der Waals surface area contributed by atoms with Crippen LogP contribution < -0.4 is 0 Å². The van der Waals surface area contributed by atoms with E-state index in [9.17, 15) is 4.79 Å². The van der Waals surface area contributed by atoms with Crippen LogP contribution in [0.3, 0.4) is 0 Å². The lowest BCUT2D eigenvalue weighted by Gasteiger charge is -2.19. The van der Waals surface area contributed by atoms with Gasteiger partial charge in [-0.05, 0) is 19.6 Å². The molecule has 2 nitrogen and oxygen atoms in total. The van der Waals surface area contributed by atoms with Gasteiger partial charge in [-0.3, -0.25) is 4.79 Å². The van der Waals surface area contributed by atoms with E-state index in [-0.39, 0.29) is 16.5 Å². The molecule has 78 valence electrons. The molecule has 0 saturated heterocycles. The number of carbonyl (C=O) groups is 1. The van der Waals surface area contributed by atoms with E-state index in [1.54, 1.807) is 0 Å². The number of thioether (sulfide) groups is 1. The van der Waals surface area contributed by atoms with Crippen molar-refractivity contribution in [2.45, 2.75) is 45.2 Å². The van der Waals surface area contributed by atoms with Crippen LogP contribution in [0.1, 0.15) is 20.8 Å². The van der Waals surface area contributed by atoms with E-state index in [1.165, 1.54) is 11.8 Å². The lowest BCUT2D eigenvalue weighted by Crippen LogP contribution is -2.28. The Morgan fingerprint density at radius 1 is 1.31 bits per heavy atom. The SMILES string of the molecule is CC(C)(C)SC(=O)CO[Si](C)(C)C. The first-order chi connectivity index (χ1) is 5.60. The lowest BCUT2D eigenvalue weighted by molar-refractivity contribution is -0.113. The Labute approximate surface area is 86.6 Å². The van der Waals surface area contributed by atoms with E-state index >= 15 is 0 Å². The summed E-state index contributed by atoms with van der Waals surface area (Å²) in [5.41, 5.74) is 0. The average Bonchev–Trinajstić information content (AvgIpc) is 1.78. The summed E-state index contributed by atoms with van der Waals surface area (Å²) >= 11 is 1.36. The summed E-state index contributed by atoms with van der Waals surface area (Å²) in [5, 5.41) is 0.134. The second-order valence-electron chi connectivity index (χ2n) is 4.99. The molecular weight excluding hydrogens is 200 g/mol. The number of hydrogen-bond donors (Lipinski definition) is 0. The fourth-order valence-electron chi connectivity index (χ4n) is 0.646. The van der Waals surface area contributed by atoms with E-state index in [2.05, 4.69) is 19.6 Å². The van der Waals surface area contributed by atoms with Gasteiger partial charge in [-0.1, -0.05) is 32.5 Å². The van der Waals surface area contributed by atoms with E-state index in [4.69, 9.17) is 4.43 Å². The highest BCUT2D eigenvalue weighted by Gasteiger charge is 2.20. The minimum absolute atomic E-state index is 0.000116. The molecule has 4 heteroatoms. The van der Waals surface area contributed by atoms with Gasteiger partial charge in [0.2, 0.25) is 5.12 Å². The third kappa shape index (κ3) is 10.1. The molecule has 0 radical (unpaired) electrons. The molecular formula is C9H20O2SSi. The zero-order valence-corrected chi connectivity index (χ0v) is 11.2. The molecule has 0 aliphatic carbocycles. The monoisotopic (exact) mass is 220 g/mol. The predicted octanol–water partition coefficient (Wildman–Crippen LogP) is 2.90. The van der Waals surface area contributed by atoms with Gasteiger partial charge in [-0.15, -0.1) is 0 Å². The fourth-order valence-corrected chi connectivity index (χ4v) is 2.12. The maximum atomic E-state index is 11.4. The summed E-state index contributed by atoms with van der Waals surface area (Å²) in [5.74, 6) is 0. The van der Waals surface area contributed by atoms with Crippen LogP contribution >= 0.6 is 11.8 Å². The largest absolute Gasteiger partial charge is 0.409 e. The normalized spacial score (nSPS) is 13.1. The highest BCUT2D eigenvalue weighted by atomic mass is 32.2. The first-order valence-electron chi connectivity index (χ1n) is 4.46. The predicted molar refractivity (Wildman–Crippen MR) is 61.6 cm³/mol. The lowest BCUT2D eigenvalue weighted by atomic mass is 10.3. The summed E-state index contributed by atoms with van der Waals surface area (Å²) < 4.78 is 5.51. The maximum Gasteiger partial charge on any atom is 0.213 e. The van der Waals surface area contributed by atoms with Gasteiger partial charge >= 0.3 is 0 Å². The summed E-state index contributed by atoms with van der Waals surface area (Å²) in [7, 11) is -1.53. The molecule has 0 fully saturated rings. The van der Waals surface area contributed by atoms with Crippen molar-refractivity contribution in [1.82, 2.24) is 0 Å². The standard InChI is InChI=1S/C9H20O2SSi/c1-9(2,3)12-8(10)7-11-13(4,5)6/h7H2,1-6H3. The van der Waals surface area contributed by atoms with Crippen LogP contribution in [0.15, 0.2) is 0 Å². The molecule has 0 rings (SSSR count). The highest BCUT2D eigenvalue weighted by molar-refractivity contribution is 8.14. The van der Waals surface area contributed by atoms with Crippen molar-refractivity contribution in [1.29, 1.82) is 0 Å². The molecule has 0 aliphatic rings. The zero-order valence-electron chi connectivity index (χ0n) is 9.43. The Hall–Kier alpha value is 0.197. The minimum Gasteiger partial charge on any atom is -0.409 e. The van der Waals surface area contributed by atoms with Crippen molar-refractivity contribution in [2.24, 2.45) is 0 Å². The average molecular weight is 220 g/mol. The summed E-state index contributed by atoms with van der Waals surface area (Å²) in [4.78, 5) is 11.4. The van der Waals surface area contributed by atoms with Gasteiger partial charge < -0.3 is 4.43 Å². The van der Waals surface area contributed by atoms with Crippen LogP contribution in [0, 0.1) is 0 Å². The van der Waals surface area contributed by atoms with Crippen molar-refractivity contribution in [3.63, 3.8) is 0 Å². The second kappa shape index (κ2) is 4.62. The molecule has 0 aromatic carbocycles.